The van der Waals surface area contributed by atoms with E-state index in [9.17, 15) is 0 Å². The maximum atomic E-state index is 4.01. The fraction of sp³-hybridized carbons (Fsp3) is 0.250. The summed E-state index contributed by atoms with van der Waals surface area (Å²) in [6, 6.07) is 47.7. The van der Waals surface area contributed by atoms with Gasteiger partial charge in [-0.3, -0.25) is 0 Å². The van der Waals surface area contributed by atoms with Gasteiger partial charge < -0.3 is 4.98 Å². The highest BCUT2D eigenvalue weighted by molar-refractivity contribution is 6.12. The smallest absolute Gasteiger partial charge is 0.0551 e. The molecule has 0 amide bonds. The van der Waals surface area contributed by atoms with E-state index < -0.39 is 0 Å². The molecule has 0 aliphatic carbocycles. The van der Waals surface area contributed by atoms with Gasteiger partial charge >= 0.3 is 0 Å². The third kappa shape index (κ3) is 6.24. The molecule has 0 spiro atoms. The molecule has 1 nitrogen and oxygen atoms in total. The minimum absolute atomic E-state index is 0.0218. The molecular formula is C48H49N. The third-order valence-electron chi connectivity index (χ3n) is 10.1. The molecule has 6 aromatic carbocycles. The highest BCUT2D eigenvalue weighted by atomic mass is 14.7. The first-order valence-electron chi connectivity index (χ1n) is 17.7. The summed E-state index contributed by atoms with van der Waals surface area (Å²) in [6.45, 7) is 20.7. The van der Waals surface area contributed by atoms with E-state index >= 15 is 0 Å². The lowest BCUT2D eigenvalue weighted by atomic mass is 9.81. The topological polar surface area (TPSA) is 15.8 Å². The first kappa shape index (κ1) is 32.7. The molecule has 0 radical (unpaired) electrons. The van der Waals surface area contributed by atoms with Crippen LogP contribution in [0.3, 0.4) is 0 Å². The molecule has 246 valence electrons. The van der Waals surface area contributed by atoms with Crippen LogP contribution in [-0.4, -0.2) is 4.98 Å². The zero-order valence-electron chi connectivity index (χ0n) is 30.6. The molecule has 0 bridgehead atoms. The Morgan fingerprint density at radius 3 is 1.39 bits per heavy atom. The van der Waals surface area contributed by atoms with Crippen LogP contribution in [0.4, 0.5) is 0 Å². The fourth-order valence-corrected chi connectivity index (χ4v) is 7.06. The predicted molar refractivity (Wildman–Crippen MR) is 214 cm³/mol. The molecule has 0 atom stereocenters. The first-order chi connectivity index (χ1) is 23.2. The summed E-state index contributed by atoms with van der Waals surface area (Å²) in [5.74, 6) is 0. The summed E-state index contributed by atoms with van der Waals surface area (Å²) >= 11 is 0. The Bertz CT molecular complexity index is 2300. The van der Waals surface area contributed by atoms with Gasteiger partial charge in [0.2, 0.25) is 0 Å². The second-order valence-electron chi connectivity index (χ2n) is 16.8. The van der Waals surface area contributed by atoms with Crippen molar-refractivity contribution >= 4 is 21.7 Å². The van der Waals surface area contributed by atoms with E-state index in [0.717, 1.165) is 11.2 Å². The van der Waals surface area contributed by atoms with Crippen molar-refractivity contribution in [1.29, 1.82) is 0 Å². The van der Waals surface area contributed by atoms with Gasteiger partial charge in [0.15, 0.2) is 0 Å². The Morgan fingerprint density at radius 1 is 0.388 bits per heavy atom. The van der Waals surface area contributed by atoms with Gasteiger partial charge in [-0.05, 0) is 95.8 Å². The summed E-state index contributed by atoms with van der Waals surface area (Å²) in [5, 5.41) is 3.76. The van der Waals surface area contributed by atoms with Crippen LogP contribution in [0.15, 0.2) is 127 Å². The van der Waals surface area contributed by atoms with E-state index in [-0.39, 0.29) is 16.2 Å². The predicted octanol–water partition coefficient (Wildman–Crippen LogP) is 13.9. The highest BCUT2D eigenvalue weighted by Crippen LogP contribution is 2.47. The van der Waals surface area contributed by atoms with Gasteiger partial charge in [0.25, 0.3) is 0 Å². The Labute approximate surface area is 293 Å². The van der Waals surface area contributed by atoms with Crippen molar-refractivity contribution < 1.29 is 0 Å². The Hall–Kier alpha value is -4.88. The van der Waals surface area contributed by atoms with Gasteiger partial charge in [0.05, 0.1) is 5.69 Å². The van der Waals surface area contributed by atoms with E-state index in [1.165, 1.54) is 71.8 Å². The van der Waals surface area contributed by atoms with Crippen molar-refractivity contribution in [3.63, 3.8) is 0 Å². The Morgan fingerprint density at radius 2 is 0.857 bits per heavy atom. The van der Waals surface area contributed by atoms with E-state index in [1.54, 1.807) is 0 Å². The van der Waals surface area contributed by atoms with Crippen molar-refractivity contribution in [2.24, 2.45) is 0 Å². The highest BCUT2D eigenvalue weighted by Gasteiger charge is 2.25. The molecule has 0 aliphatic rings. The number of hydrogen-bond donors (Lipinski definition) is 1. The lowest BCUT2D eigenvalue weighted by Crippen LogP contribution is -2.11. The van der Waals surface area contributed by atoms with Crippen molar-refractivity contribution in [2.75, 3.05) is 0 Å². The molecule has 7 rings (SSSR count). The van der Waals surface area contributed by atoms with Crippen LogP contribution in [0, 0.1) is 0 Å². The van der Waals surface area contributed by atoms with E-state index in [1.807, 2.05) is 0 Å². The molecule has 49 heavy (non-hydrogen) atoms. The van der Waals surface area contributed by atoms with Crippen LogP contribution in [0.1, 0.15) is 79.0 Å². The fourth-order valence-electron chi connectivity index (χ4n) is 7.06. The number of rotatable bonds is 4. The van der Waals surface area contributed by atoms with Gasteiger partial charge in [0, 0.05) is 22.0 Å². The van der Waals surface area contributed by atoms with Gasteiger partial charge in [-0.1, -0.05) is 165 Å². The number of aromatic amines is 1. The summed E-state index contributed by atoms with van der Waals surface area (Å²) < 4.78 is 0. The van der Waals surface area contributed by atoms with Crippen LogP contribution in [0.2, 0.25) is 0 Å². The molecule has 7 aromatic rings. The quantitative estimate of drug-likeness (QED) is 0.197. The molecule has 1 N–H and O–H groups in total. The minimum Gasteiger partial charge on any atom is -0.354 e. The molecule has 1 heteroatoms. The Kier molecular flexibility index (Phi) is 7.94. The van der Waals surface area contributed by atoms with Crippen LogP contribution in [-0.2, 0) is 16.2 Å². The zero-order chi connectivity index (χ0) is 34.7. The Balaban J connectivity index is 1.61. The van der Waals surface area contributed by atoms with Crippen LogP contribution in [0.5, 0.6) is 0 Å². The monoisotopic (exact) mass is 639 g/mol. The summed E-state index contributed by atoms with van der Waals surface area (Å²) in [5.41, 5.74) is 15.1. The zero-order valence-corrected chi connectivity index (χ0v) is 30.6. The van der Waals surface area contributed by atoms with Crippen LogP contribution < -0.4 is 0 Å². The summed E-state index contributed by atoms with van der Waals surface area (Å²) in [4.78, 5) is 4.01. The number of fused-ring (bicyclic) bond motifs is 2. The molecule has 1 aromatic heterocycles. The number of aromatic nitrogens is 1. The van der Waals surface area contributed by atoms with E-state index in [0.29, 0.717) is 0 Å². The van der Waals surface area contributed by atoms with Crippen molar-refractivity contribution in [3.8, 4) is 44.6 Å². The molecule has 0 unspecified atom stereocenters. The number of benzene rings is 6. The minimum atomic E-state index is 0.0218. The second kappa shape index (κ2) is 11.9. The normalized spacial score (nSPS) is 12.6. The number of hydrogen-bond acceptors (Lipinski definition) is 0. The largest absolute Gasteiger partial charge is 0.354 e. The molecule has 0 saturated heterocycles. The average molecular weight is 640 g/mol. The maximum absolute atomic E-state index is 4.01. The standard InChI is InChI=1S/C48H49N/c1-46(2,3)35-21-20-33-28-43-42(27-34(33)26-35)44(38-24-22-36(47(4,5)6)29-40(38)31-16-12-10-13-17-31)45(49-43)39-25-23-37(48(7,8)9)30-41(39)32-18-14-11-15-19-32/h10-30,49H,1-9H3. The number of nitrogens with one attached hydrogen (secondary N) is 1. The van der Waals surface area contributed by atoms with E-state index in [2.05, 4.69) is 195 Å². The van der Waals surface area contributed by atoms with Crippen molar-refractivity contribution in [1.82, 2.24) is 4.98 Å². The molecule has 0 aliphatic heterocycles. The summed E-state index contributed by atoms with van der Waals surface area (Å²) in [7, 11) is 0. The lowest BCUT2D eigenvalue weighted by molar-refractivity contribution is 0.590. The van der Waals surface area contributed by atoms with Gasteiger partial charge in [-0.2, -0.15) is 0 Å². The molecule has 0 fully saturated rings. The number of H-pyrrole nitrogens is 1. The van der Waals surface area contributed by atoms with Gasteiger partial charge in [-0.15, -0.1) is 0 Å². The SMILES string of the molecule is CC(C)(C)c1ccc(-c2[nH]c3cc4ccc(C(C)(C)C)cc4cc3c2-c2ccc(C(C)(C)C)cc2-c2ccccc2)c(-c2ccccc2)c1. The summed E-state index contributed by atoms with van der Waals surface area (Å²) in [6.07, 6.45) is 0. The van der Waals surface area contributed by atoms with Gasteiger partial charge in [-0.25, -0.2) is 0 Å². The first-order valence-corrected chi connectivity index (χ1v) is 17.7. The molecular weight excluding hydrogens is 591 g/mol. The molecule has 1 heterocycles. The van der Waals surface area contributed by atoms with Crippen molar-refractivity contribution in [2.45, 2.75) is 78.6 Å². The third-order valence-corrected chi connectivity index (χ3v) is 10.1. The van der Waals surface area contributed by atoms with Crippen LogP contribution >= 0.6 is 0 Å². The lowest BCUT2D eigenvalue weighted by Gasteiger charge is -2.23. The van der Waals surface area contributed by atoms with Crippen molar-refractivity contribution in [3.05, 3.63) is 144 Å². The van der Waals surface area contributed by atoms with Gasteiger partial charge in [0.1, 0.15) is 0 Å². The van der Waals surface area contributed by atoms with Crippen LogP contribution in [0.25, 0.3) is 66.3 Å². The second-order valence-corrected chi connectivity index (χ2v) is 16.8. The molecule has 0 saturated carbocycles. The van der Waals surface area contributed by atoms with E-state index in [4.69, 9.17) is 0 Å². The average Bonchev–Trinajstić information content (AvgIpc) is 3.43. The maximum Gasteiger partial charge on any atom is 0.0551 e.